The minimum Gasteiger partial charge on any atom is -0.313 e. The van der Waals surface area contributed by atoms with Gasteiger partial charge in [0.2, 0.25) is 0 Å². The zero-order valence-corrected chi connectivity index (χ0v) is 10.4. The molecule has 0 fully saturated rings. The summed E-state index contributed by atoms with van der Waals surface area (Å²) >= 11 is 1.81. The highest BCUT2D eigenvalue weighted by atomic mass is 32.1. The first-order chi connectivity index (χ1) is 7.81. The number of rotatable bonds is 4. The zero-order chi connectivity index (χ0) is 11.4. The number of pyridine rings is 1. The number of likely N-dealkylation sites (N-methyl/N-ethyl adjacent to an activating group) is 1. The van der Waals surface area contributed by atoms with E-state index in [0.29, 0.717) is 6.04 Å². The molecule has 0 bridgehead atoms. The van der Waals surface area contributed by atoms with Crippen molar-refractivity contribution in [3.8, 4) is 0 Å². The van der Waals surface area contributed by atoms with E-state index in [1.54, 1.807) is 11.3 Å². The lowest BCUT2D eigenvalue weighted by molar-refractivity contribution is 0.590. The SMILES string of the molecule is CNC(Cc1cccs1)c1cccnc1C. The molecule has 1 N–H and O–H groups in total. The summed E-state index contributed by atoms with van der Waals surface area (Å²) in [4.78, 5) is 5.75. The minimum absolute atomic E-state index is 0.354. The predicted octanol–water partition coefficient (Wildman–Crippen LogP) is 2.95. The average Bonchev–Trinajstić information content (AvgIpc) is 2.80. The van der Waals surface area contributed by atoms with Crippen molar-refractivity contribution in [1.29, 1.82) is 0 Å². The van der Waals surface area contributed by atoms with E-state index in [1.165, 1.54) is 10.4 Å². The Hall–Kier alpha value is -1.19. The monoisotopic (exact) mass is 232 g/mol. The molecule has 0 aromatic carbocycles. The molecule has 1 atom stereocenters. The molecule has 84 valence electrons. The molecule has 2 aromatic heterocycles. The van der Waals surface area contributed by atoms with Crippen LogP contribution >= 0.6 is 11.3 Å². The summed E-state index contributed by atoms with van der Waals surface area (Å²) < 4.78 is 0. The van der Waals surface area contributed by atoms with Gasteiger partial charge >= 0.3 is 0 Å². The summed E-state index contributed by atoms with van der Waals surface area (Å²) in [7, 11) is 2.00. The number of nitrogens with one attached hydrogen (secondary N) is 1. The molecule has 0 spiro atoms. The Kier molecular flexibility index (Phi) is 3.70. The van der Waals surface area contributed by atoms with Crippen LogP contribution in [0, 0.1) is 6.92 Å². The van der Waals surface area contributed by atoms with Crippen molar-refractivity contribution in [1.82, 2.24) is 10.3 Å². The van der Waals surface area contributed by atoms with Gasteiger partial charge in [0.05, 0.1) is 0 Å². The van der Waals surface area contributed by atoms with Gasteiger partial charge in [0.1, 0.15) is 0 Å². The lowest BCUT2D eigenvalue weighted by Crippen LogP contribution is -2.19. The van der Waals surface area contributed by atoms with Gasteiger partial charge in [-0.1, -0.05) is 12.1 Å². The van der Waals surface area contributed by atoms with Crippen LogP contribution in [0.15, 0.2) is 35.8 Å². The molecule has 0 aliphatic carbocycles. The fourth-order valence-electron chi connectivity index (χ4n) is 1.86. The topological polar surface area (TPSA) is 24.9 Å². The van der Waals surface area contributed by atoms with Crippen LogP contribution in [0.2, 0.25) is 0 Å². The second-order valence-corrected chi connectivity index (χ2v) is 4.84. The molecule has 0 saturated carbocycles. The Morgan fingerprint density at radius 3 is 2.88 bits per heavy atom. The van der Waals surface area contributed by atoms with E-state index >= 15 is 0 Å². The lowest BCUT2D eigenvalue weighted by atomic mass is 10.0. The van der Waals surface area contributed by atoms with Crippen LogP contribution in [0.3, 0.4) is 0 Å². The van der Waals surface area contributed by atoms with Crippen LogP contribution in [0.1, 0.15) is 22.2 Å². The van der Waals surface area contributed by atoms with Gasteiger partial charge in [-0.3, -0.25) is 4.98 Å². The van der Waals surface area contributed by atoms with E-state index in [0.717, 1.165) is 12.1 Å². The van der Waals surface area contributed by atoms with Crippen LogP contribution in [0.25, 0.3) is 0 Å². The van der Waals surface area contributed by atoms with Crippen molar-refractivity contribution in [3.63, 3.8) is 0 Å². The fraction of sp³-hybridized carbons (Fsp3) is 0.308. The molecule has 3 heteroatoms. The van der Waals surface area contributed by atoms with Gasteiger partial charge in [0.25, 0.3) is 0 Å². The molecule has 0 aliphatic heterocycles. The van der Waals surface area contributed by atoms with Crippen molar-refractivity contribution in [2.24, 2.45) is 0 Å². The number of aryl methyl sites for hydroxylation is 1. The summed E-state index contributed by atoms with van der Waals surface area (Å²) in [5.74, 6) is 0. The molecule has 0 radical (unpaired) electrons. The Morgan fingerprint density at radius 2 is 2.25 bits per heavy atom. The molecular weight excluding hydrogens is 216 g/mol. The van der Waals surface area contributed by atoms with Gasteiger partial charge < -0.3 is 5.32 Å². The van der Waals surface area contributed by atoms with Crippen LogP contribution in [-0.4, -0.2) is 12.0 Å². The molecular formula is C13H16N2S. The molecule has 0 amide bonds. The number of thiophene rings is 1. The van der Waals surface area contributed by atoms with E-state index in [1.807, 2.05) is 19.3 Å². The standard InChI is InChI=1S/C13H16N2S/c1-10-12(6-3-7-15-10)13(14-2)9-11-5-4-8-16-11/h3-8,13-14H,9H2,1-2H3. The van der Waals surface area contributed by atoms with Crippen LogP contribution in [0.5, 0.6) is 0 Å². The van der Waals surface area contributed by atoms with Crippen molar-refractivity contribution < 1.29 is 0 Å². The zero-order valence-electron chi connectivity index (χ0n) is 9.60. The molecule has 2 heterocycles. The van der Waals surface area contributed by atoms with Crippen LogP contribution < -0.4 is 5.32 Å². The number of hydrogen-bond acceptors (Lipinski definition) is 3. The van der Waals surface area contributed by atoms with Gasteiger partial charge in [-0.2, -0.15) is 0 Å². The van der Waals surface area contributed by atoms with Crippen molar-refractivity contribution in [3.05, 3.63) is 52.0 Å². The summed E-state index contributed by atoms with van der Waals surface area (Å²) in [5, 5.41) is 5.49. The molecule has 1 unspecified atom stereocenters. The number of hydrogen-bond donors (Lipinski definition) is 1. The summed E-state index contributed by atoms with van der Waals surface area (Å²) in [6.45, 7) is 2.06. The smallest absolute Gasteiger partial charge is 0.0420 e. The van der Waals surface area contributed by atoms with Gasteiger partial charge in [0, 0.05) is 29.2 Å². The Labute approximate surface area is 100 Å². The highest BCUT2D eigenvalue weighted by Gasteiger charge is 2.13. The van der Waals surface area contributed by atoms with Crippen molar-refractivity contribution in [2.45, 2.75) is 19.4 Å². The fourth-order valence-corrected chi connectivity index (χ4v) is 2.61. The minimum atomic E-state index is 0.354. The van der Waals surface area contributed by atoms with Crippen molar-refractivity contribution >= 4 is 11.3 Å². The summed E-state index contributed by atoms with van der Waals surface area (Å²) in [6, 6.07) is 8.79. The molecule has 2 aromatic rings. The predicted molar refractivity (Wildman–Crippen MR) is 68.8 cm³/mol. The first-order valence-electron chi connectivity index (χ1n) is 5.42. The van der Waals surface area contributed by atoms with E-state index in [-0.39, 0.29) is 0 Å². The van der Waals surface area contributed by atoms with Gasteiger partial charge in [-0.15, -0.1) is 11.3 Å². The maximum Gasteiger partial charge on any atom is 0.0420 e. The van der Waals surface area contributed by atoms with E-state index in [2.05, 4.69) is 40.8 Å². The van der Waals surface area contributed by atoms with Crippen LogP contribution in [-0.2, 0) is 6.42 Å². The normalized spacial score (nSPS) is 12.6. The van der Waals surface area contributed by atoms with Crippen LogP contribution in [0.4, 0.5) is 0 Å². The Balaban J connectivity index is 2.20. The average molecular weight is 232 g/mol. The molecule has 2 nitrogen and oxygen atoms in total. The summed E-state index contributed by atoms with van der Waals surface area (Å²) in [6.07, 6.45) is 2.87. The highest BCUT2D eigenvalue weighted by Crippen LogP contribution is 2.22. The number of aromatic nitrogens is 1. The van der Waals surface area contributed by atoms with Gasteiger partial charge in [-0.25, -0.2) is 0 Å². The Morgan fingerprint density at radius 1 is 1.38 bits per heavy atom. The van der Waals surface area contributed by atoms with E-state index in [4.69, 9.17) is 0 Å². The van der Waals surface area contributed by atoms with Crippen molar-refractivity contribution in [2.75, 3.05) is 7.05 Å². The third-order valence-electron chi connectivity index (χ3n) is 2.76. The molecule has 2 rings (SSSR count). The van der Waals surface area contributed by atoms with Gasteiger partial charge in [0.15, 0.2) is 0 Å². The van der Waals surface area contributed by atoms with Gasteiger partial charge in [-0.05, 0) is 37.0 Å². The third kappa shape index (κ3) is 2.49. The second kappa shape index (κ2) is 5.23. The Bertz CT molecular complexity index is 437. The first-order valence-corrected chi connectivity index (χ1v) is 6.30. The summed E-state index contributed by atoms with van der Waals surface area (Å²) in [5.41, 5.74) is 2.40. The third-order valence-corrected chi connectivity index (χ3v) is 3.66. The highest BCUT2D eigenvalue weighted by molar-refractivity contribution is 7.09. The van der Waals surface area contributed by atoms with E-state index < -0.39 is 0 Å². The molecule has 0 saturated heterocycles. The largest absolute Gasteiger partial charge is 0.313 e. The molecule has 16 heavy (non-hydrogen) atoms. The maximum atomic E-state index is 4.34. The second-order valence-electron chi connectivity index (χ2n) is 3.80. The maximum absolute atomic E-state index is 4.34. The quantitative estimate of drug-likeness (QED) is 0.876. The first kappa shape index (κ1) is 11.3. The van der Waals surface area contributed by atoms with E-state index in [9.17, 15) is 0 Å². The number of nitrogens with zero attached hydrogens (tertiary/aromatic N) is 1. The lowest BCUT2D eigenvalue weighted by Gasteiger charge is -2.17. The molecule has 0 aliphatic rings.